The fourth-order valence-electron chi connectivity index (χ4n) is 1.09. The molecule has 1 saturated carbocycles. The van der Waals surface area contributed by atoms with Crippen LogP contribution in [0.1, 0.15) is 19.3 Å². The van der Waals surface area contributed by atoms with Gasteiger partial charge in [-0.1, -0.05) is 0 Å². The quantitative estimate of drug-likeness (QED) is 0.573. The van der Waals surface area contributed by atoms with E-state index in [0.29, 0.717) is 24.9 Å². The van der Waals surface area contributed by atoms with E-state index < -0.39 is 10.8 Å². The Balaban J connectivity index is 1.88. The Morgan fingerprint density at radius 3 is 2.79 bits per heavy atom. The summed E-state index contributed by atoms with van der Waals surface area (Å²) in [6, 6.07) is 0.573. The summed E-state index contributed by atoms with van der Waals surface area (Å²) in [4.78, 5) is 11.2. The van der Waals surface area contributed by atoms with Gasteiger partial charge in [0.25, 0.3) is 0 Å². The van der Waals surface area contributed by atoms with E-state index in [1.54, 1.807) is 6.26 Å². The molecule has 0 saturated heterocycles. The van der Waals surface area contributed by atoms with Crippen molar-refractivity contribution in [3.8, 4) is 0 Å². The second-order valence-electron chi connectivity index (χ2n) is 3.64. The first-order chi connectivity index (χ1) is 6.68. The van der Waals surface area contributed by atoms with Crippen LogP contribution in [0.5, 0.6) is 0 Å². The summed E-state index contributed by atoms with van der Waals surface area (Å²) >= 11 is 0. The van der Waals surface area contributed by atoms with Crippen LogP contribution in [0.15, 0.2) is 0 Å². The number of nitrogens with one attached hydrogen (secondary N) is 2. The summed E-state index contributed by atoms with van der Waals surface area (Å²) in [6.45, 7) is 1.05. The maximum Gasteiger partial charge on any atom is 0.233 e. The Bertz CT molecular complexity index is 217. The highest BCUT2D eigenvalue weighted by atomic mass is 32.2. The SMILES string of the molecule is CS(=O)CCCNC(=O)CNC1CC1. The first-order valence-corrected chi connectivity index (χ1v) is 6.71. The average molecular weight is 218 g/mol. The van der Waals surface area contributed by atoms with E-state index in [-0.39, 0.29) is 5.91 Å². The maximum atomic E-state index is 11.2. The minimum atomic E-state index is -0.748. The molecule has 0 bridgehead atoms. The van der Waals surface area contributed by atoms with Crippen molar-refractivity contribution < 1.29 is 9.00 Å². The van der Waals surface area contributed by atoms with Crippen LogP contribution < -0.4 is 10.6 Å². The molecule has 0 aromatic rings. The number of carbonyl (C=O) groups excluding carboxylic acids is 1. The Kier molecular flexibility index (Phi) is 5.11. The van der Waals surface area contributed by atoms with E-state index in [9.17, 15) is 9.00 Å². The number of amides is 1. The monoisotopic (exact) mass is 218 g/mol. The van der Waals surface area contributed by atoms with Crippen molar-refractivity contribution >= 4 is 16.7 Å². The van der Waals surface area contributed by atoms with Crippen LogP contribution in [0.2, 0.25) is 0 Å². The Labute approximate surface area is 87.3 Å². The first kappa shape index (κ1) is 11.7. The number of carbonyl (C=O) groups is 1. The molecule has 0 spiro atoms. The normalized spacial score (nSPS) is 17.8. The first-order valence-electron chi connectivity index (χ1n) is 4.98. The fourth-order valence-corrected chi connectivity index (χ4v) is 1.64. The van der Waals surface area contributed by atoms with Gasteiger partial charge in [0.15, 0.2) is 0 Å². The Morgan fingerprint density at radius 1 is 1.50 bits per heavy atom. The van der Waals surface area contributed by atoms with Gasteiger partial charge < -0.3 is 10.6 Å². The molecule has 1 rings (SSSR count). The van der Waals surface area contributed by atoms with Crippen molar-refractivity contribution in [3.05, 3.63) is 0 Å². The Morgan fingerprint density at radius 2 is 2.21 bits per heavy atom. The van der Waals surface area contributed by atoms with Crippen molar-refractivity contribution in [1.29, 1.82) is 0 Å². The summed E-state index contributed by atoms with van der Waals surface area (Å²) in [5.74, 6) is 0.704. The lowest BCUT2D eigenvalue weighted by molar-refractivity contribution is -0.120. The highest BCUT2D eigenvalue weighted by Crippen LogP contribution is 2.17. The van der Waals surface area contributed by atoms with Gasteiger partial charge in [-0.25, -0.2) is 0 Å². The summed E-state index contributed by atoms with van der Waals surface area (Å²) in [5, 5.41) is 5.92. The molecule has 0 radical (unpaired) electrons. The third-order valence-electron chi connectivity index (χ3n) is 2.06. The lowest BCUT2D eigenvalue weighted by atomic mass is 10.4. The number of rotatable bonds is 7. The van der Waals surface area contributed by atoms with Crippen LogP contribution >= 0.6 is 0 Å². The molecule has 14 heavy (non-hydrogen) atoms. The molecule has 0 heterocycles. The molecular formula is C9H18N2O2S. The molecule has 0 aliphatic heterocycles. The topological polar surface area (TPSA) is 58.2 Å². The molecule has 2 N–H and O–H groups in total. The van der Waals surface area contributed by atoms with E-state index in [4.69, 9.17) is 0 Å². The summed E-state index contributed by atoms with van der Waals surface area (Å²) < 4.78 is 10.7. The minimum Gasteiger partial charge on any atom is -0.355 e. The van der Waals surface area contributed by atoms with Gasteiger partial charge in [-0.15, -0.1) is 0 Å². The molecule has 1 unspecified atom stereocenters. The average Bonchev–Trinajstić information content (AvgIpc) is 2.92. The molecule has 0 aromatic carbocycles. The third kappa shape index (κ3) is 6.10. The van der Waals surface area contributed by atoms with E-state index in [2.05, 4.69) is 10.6 Å². The lowest BCUT2D eigenvalue weighted by Gasteiger charge is -2.04. The van der Waals surface area contributed by atoms with Crippen molar-refractivity contribution in [2.45, 2.75) is 25.3 Å². The van der Waals surface area contributed by atoms with Crippen molar-refractivity contribution in [3.63, 3.8) is 0 Å². The molecule has 1 fully saturated rings. The Hall–Kier alpha value is -0.420. The second-order valence-corrected chi connectivity index (χ2v) is 5.19. The third-order valence-corrected chi connectivity index (χ3v) is 2.92. The van der Waals surface area contributed by atoms with Crippen molar-refractivity contribution in [2.24, 2.45) is 0 Å². The van der Waals surface area contributed by atoms with Gasteiger partial charge in [0.1, 0.15) is 0 Å². The van der Waals surface area contributed by atoms with Crippen LogP contribution in [0, 0.1) is 0 Å². The van der Waals surface area contributed by atoms with E-state index in [0.717, 1.165) is 6.42 Å². The molecule has 1 atom stereocenters. The highest BCUT2D eigenvalue weighted by Gasteiger charge is 2.20. The fraction of sp³-hybridized carbons (Fsp3) is 0.889. The summed E-state index contributed by atoms with van der Waals surface area (Å²) in [7, 11) is -0.748. The molecule has 1 amide bonds. The highest BCUT2D eigenvalue weighted by molar-refractivity contribution is 7.84. The van der Waals surface area contributed by atoms with Crippen LogP contribution in [-0.2, 0) is 15.6 Å². The van der Waals surface area contributed by atoms with Crippen molar-refractivity contribution in [1.82, 2.24) is 10.6 Å². The van der Waals surface area contributed by atoms with Gasteiger partial charge in [0.2, 0.25) is 5.91 Å². The van der Waals surface area contributed by atoms with Gasteiger partial charge in [-0.05, 0) is 19.3 Å². The zero-order valence-electron chi connectivity index (χ0n) is 8.54. The van der Waals surface area contributed by atoms with E-state index in [1.807, 2.05) is 0 Å². The molecular weight excluding hydrogens is 200 g/mol. The minimum absolute atomic E-state index is 0.0405. The van der Waals surface area contributed by atoms with Gasteiger partial charge >= 0.3 is 0 Å². The zero-order chi connectivity index (χ0) is 10.4. The molecule has 4 nitrogen and oxygen atoms in total. The standard InChI is InChI=1S/C9H18N2O2S/c1-14(13)6-2-5-10-9(12)7-11-8-3-4-8/h8,11H,2-7H2,1H3,(H,10,12). The molecule has 1 aliphatic carbocycles. The van der Waals surface area contributed by atoms with Gasteiger partial charge in [-0.3, -0.25) is 9.00 Å². The van der Waals surface area contributed by atoms with Crippen LogP contribution in [0.3, 0.4) is 0 Å². The molecule has 0 aromatic heterocycles. The summed E-state index contributed by atoms with van der Waals surface area (Å²) in [6.07, 6.45) is 4.86. The molecule has 82 valence electrons. The number of hydrogen-bond acceptors (Lipinski definition) is 3. The van der Waals surface area contributed by atoms with Crippen molar-refractivity contribution in [2.75, 3.05) is 25.1 Å². The van der Waals surface area contributed by atoms with E-state index in [1.165, 1.54) is 12.8 Å². The van der Waals surface area contributed by atoms with Gasteiger partial charge in [0.05, 0.1) is 6.54 Å². The summed E-state index contributed by atoms with van der Waals surface area (Å²) in [5.41, 5.74) is 0. The smallest absolute Gasteiger partial charge is 0.233 e. The van der Waals surface area contributed by atoms with Gasteiger partial charge in [0, 0.05) is 35.4 Å². The predicted molar refractivity (Wildman–Crippen MR) is 57.6 cm³/mol. The second kappa shape index (κ2) is 6.14. The number of hydrogen-bond donors (Lipinski definition) is 2. The largest absolute Gasteiger partial charge is 0.355 e. The van der Waals surface area contributed by atoms with Gasteiger partial charge in [-0.2, -0.15) is 0 Å². The van der Waals surface area contributed by atoms with E-state index >= 15 is 0 Å². The zero-order valence-corrected chi connectivity index (χ0v) is 9.36. The maximum absolute atomic E-state index is 11.2. The lowest BCUT2D eigenvalue weighted by Crippen LogP contribution is -2.35. The van der Waals surface area contributed by atoms with Crippen LogP contribution in [0.4, 0.5) is 0 Å². The van der Waals surface area contributed by atoms with Crippen LogP contribution in [0.25, 0.3) is 0 Å². The molecule has 1 aliphatic rings. The predicted octanol–water partition coefficient (Wildman–Crippen LogP) is -0.377. The molecule has 5 heteroatoms. The van der Waals surface area contributed by atoms with Crippen LogP contribution in [-0.4, -0.2) is 41.3 Å².